The molecule has 0 bridgehead atoms. The molecule has 0 aliphatic heterocycles. The molecule has 1 amide bonds. The topological polar surface area (TPSA) is 106 Å². The molecule has 3 N–H and O–H groups in total. The highest BCUT2D eigenvalue weighted by Gasteiger charge is 2.18. The molecule has 0 aliphatic carbocycles. The van der Waals surface area contributed by atoms with E-state index in [9.17, 15) is 14.7 Å². The number of hydrogen-bond donors (Lipinski definition) is 2. The van der Waals surface area contributed by atoms with Crippen molar-refractivity contribution in [3.63, 3.8) is 0 Å². The highest BCUT2D eigenvalue weighted by atomic mass is 32.1. The van der Waals surface area contributed by atoms with Crippen LogP contribution in [0.2, 0.25) is 0 Å². The van der Waals surface area contributed by atoms with Crippen LogP contribution in [0.5, 0.6) is 0 Å². The number of amides is 1. The lowest BCUT2D eigenvalue weighted by Gasteiger charge is -2.17. The van der Waals surface area contributed by atoms with Crippen molar-refractivity contribution >= 4 is 23.2 Å². The first-order chi connectivity index (χ1) is 9.49. The molecule has 7 nitrogen and oxygen atoms in total. The second-order valence-corrected chi connectivity index (χ2v) is 5.01. The van der Waals surface area contributed by atoms with E-state index in [0.29, 0.717) is 18.0 Å². The first-order valence-corrected chi connectivity index (χ1v) is 7.12. The quantitative estimate of drug-likeness (QED) is 0.695. The zero-order valence-corrected chi connectivity index (χ0v) is 12.4. The summed E-state index contributed by atoms with van der Waals surface area (Å²) < 4.78 is 4.82. The summed E-state index contributed by atoms with van der Waals surface area (Å²) in [6.07, 6.45) is -0.492. The summed E-state index contributed by atoms with van der Waals surface area (Å²) in [5, 5.41) is 12.0. The number of aliphatic hydroxyl groups excluding tert-OH is 1. The van der Waals surface area contributed by atoms with E-state index in [4.69, 9.17) is 10.5 Å². The van der Waals surface area contributed by atoms with Crippen LogP contribution in [0.15, 0.2) is 5.38 Å². The van der Waals surface area contributed by atoms with Crippen LogP contribution in [-0.2, 0) is 9.53 Å². The van der Waals surface area contributed by atoms with Crippen molar-refractivity contribution in [3.05, 3.63) is 16.1 Å². The van der Waals surface area contributed by atoms with E-state index in [1.54, 1.807) is 19.4 Å². The van der Waals surface area contributed by atoms with Gasteiger partial charge in [0.2, 0.25) is 5.91 Å². The number of carbonyl (C=O) groups excluding carboxylic acids is 2. The number of nitrogens with two attached hydrogens (primary N) is 1. The number of carbonyl (C=O) groups is 2. The van der Waals surface area contributed by atoms with Gasteiger partial charge >= 0.3 is 5.97 Å². The number of esters is 1. The van der Waals surface area contributed by atoms with Gasteiger partial charge in [-0.15, -0.1) is 11.3 Å². The van der Waals surface area contributed by atoms with Gasteiger partial charge in [0.25, 0.3) is 0 Å². The Morgan fingerprint density at radius 3 is 2.90 bits per heavy atom. The summed E-state index contributed by atoms with van der Waals surface area (Å²) >= 11 is 1.19. The summed E-state index contributed by atoms with van der Waals surface area (Å²) in [4.78, 5) is 28.2. The standard InChI is InChI=1S/C12H19N3O4S/c1-3-19-12(18)8-7-20-11(14-8)9(16)4-5-15(2)10(17)6-13/h7,9,16H,3-6,13H2,1-2H3. The lowest BCUT2D eigenvalue weighted by molar-refractivity contribution is -0.128. The van der Waals surface area contributed by atoms with E-state index in [1.807, 2.05) is 0 Å². The second-order valence-electron chi connectivity index (χ2n) is 4.12. The van der Waals surface area contributed by atoms with Gasteiger partial charge in [-0.3, -0.25) is 4.79 Å². The summed E-state index contributed by atoms with van der Waals surface area (Å²) in [5.41, 5.74) is 5.43. The van der Waals surface area contributed by atoms with E-state index < -0.39 is 12.1 Å². The second kappa shape index (κ2) is 7.93. The van der Waals surface area contributed by atoms with Crippen LogP contribution in [0.25, 0.3) is 0 Å². The van der Waals surface area contributed by atoms with Crippen LogP contribution in [0, 0.1) is 0 Å². The van der Waals surface area contributed by atoms with Crippen molar-refractivity contribution in [2.24, 2.45) is 5.73 Å². The fraction of sp³-hybridized carbons (Fsp3) is 0.583. The van der Waals surface area contributed by atoms with Gasteiger partial charge in [0.15, 0.2) is 5.69 Å². The lowest BCUT2D eigenvalue weighted by atomic mass is 10.2. The molecular formula is C12H19N3O4S. The Morgan fingerprint density at radius 1 is 1.60 bits per heavy atom. The minimum absolute atomic E-state index is 0.0587. The number of thiazole rings is 1. The number of aliphatic hydroxyl groups is 1. The first-order valence-electron chi connectivity index (χ1n) is 6.24. The summed E-state index contributed by atoms with van der Waals surface area (Å²) in [6.45, 7) is 2.30. The van der Waals surface area contributed by atoms with Crippen molar-refractivity contribution < 1.29 is 19.4 Å². The molecule has 1 rings (SSSR count). The SMILES string of the molecule is CCOC(=O)c1csc(C(O)CCN(C)C(=O)CN)n1. The van der Waals surface area contributed by atoms with Crippen LogP contribution >= 0.6 is 11.3 Å². The Kier molecular flexibility index (Phi) is 6.56. The largest absolute Gasteiger partial charge is 0.461 e. The minimum Gasteiger partial charge on any atom is -0.461 e. The van der Waals surface area contributed by atoms with E-state index in [1.165, 1.54) is 16.2 Å². The summed E-state index contributed by atoms with van der Waals surface area (Å²) in [7, 11) is 1.62. The van der Waals surface area contributed by atoms with Crippen LogP contribution < -0.4 is 5.73 Å². The zero-order valence-electron chi connectivity index (χ0n) is 11.5. The molecule has 0 saturated heterocycles. The van der Waals surface area contributed by atoms with Crippen molar-refractivity contribution in [3.8, 4) is 0 Å². The third kappa shape index (κ3) is 4.55. The fourth-order valence-electron chi connectivity index (χ4n) is 1.46. The number of likely N-dealkylation sites (N-methyl/N-ethyl adjacent to an activating group) is 1. The minimum atomic E-state index is -0.823. The average Bonchev–Trinajstić information content (AvgIpc) is 2.93. The number of aromatic nitrogens is 1. The van der Waals surface area contributed by atoms with Gasteiger partial charge in [0.1, 0.15) is 11.1 Å². The van der Waals surface area contributed by atoms with Gasteiger partial charge in [-0.05, 0) is 13.3 Å². The lowest BCUT2D eigenvalue weighted by Crippen LogP contribution is -2.33. The Hall–Kier alpha value is -1.51. The molecule has 8 heteroatoms. The predicted molar refractivity (Wildman–Crippen MR) is 74.3 cm³/mol. The van der Waals surface area contributed by atoms with Gasteiger partial charge in [-0.25, -0.2) is 9.78 Å². The Bertz CT molecular complexity index is 463. The molecule has 0 aromatic carbocycles. The Labute approximate surface area is 121 Å². The average molecular weight is 301 g/mol. The van der Waals surface area contributed by atoms with E-state index in [0.717, 1.165) is 0 Å². The third-order valence-electron chi connectivity index (χ3n) is 2.63. The monoisotopic (exact) mass is 301 g/mol. The van der Waals surface area contributed by atoms with Crippen LogP contribution in [0.4, 0.5) is 0 Å². The van der Waals surface area contributed by atoms with Gasteiger partial charge in [-0.2, -0.15) is 0 Å². The number of rotatable bonds is 7. The van der Waals surface area contributed by atoms with Crippen molar-refractivity contribution in [1.82, 2.24) is 9.88 Å². The Balaban J connectivity index is 2.54. The number of ether oxygens (including phenoxy) is 1. The van der Waals surface area contributed by atoms with E-state index >= 15 is 0 Å². The third-order valence-corrected chi connectivity index (χ3v) is 3.58. The fourth-order valence-corrected chi connectivity index (χ4v) is 2.27. The highest BCUT2D eigenvalue weighted by molar-refractivity contribution is 7.09. The molecule has 0 spiro atoms. The number of hydrogen-bond acceptors (Lipinski definition) is 7. The first kappa shape index (κ1) is 16.5. The molecule has 1 aromatic rings. The molecular weight excluding hydrogens is 282 g/mol. The molecule has 0 fully saturated rings. The van der Waals surface area contributed by atoms with Crippen molar-refractivity contribution in [2.45, 2.75) is 19.4 Å². The van der Waals surface area contributed by atoms with Gasteiger partial charge in [0, 0.05) is 19.0 Å². The summed E-state index contributed by atoms with van der Waals surface area (Å²) in [6, 6.07) is 0. The molecule has 1 atom stereocenters. The molecule has 0 aliphatic rings. The van der Waals surface area contributed by atoms with Crippen LogP contribution in [0.1, 0.15) is 34.9 Å². The van der Waals surface area contributed by atoms with Gasteiger partial charge in [-0.1, -0.05) is 0 Å². The van der Waals surface area contributed by atoms with Gasteiger partial charge in [0.05, 0.1) is 13.2 Å². The van der Waals surface area contributed by atoms with Crippen molar-refractivity contribution in [2.75, 3.05) is 26.7 Å². The number of nitrogens with zero attached hydrogens (tertiary/aromatic N) is 2. The van der Waals surface area contributed by atoms with E-state index in [2.05, 4.69) is 4.98 Å². The maximum Gasteiger partial charge on any atom is 0.357 e. The Morgan fingerprint density at radius 2 is 2.30 bits per heavy atom. The molecule has 0 radical (unpaired) electrons. The maximum absolute atomic E-state index is 11.4. The highest BCUT2D eigenvalue weighted by Crippen LogP contribution is 2.21. The smallest absolute Gasteiger partial charge is 0.357 e. The van der Waals surface area contributed by atoms with Crippen molar-refractivity contribution in [1.29, 1.82) is 0 Å². The molecule has 1 aromatic heterocycles. The zero-order chi connectivity index (χ0) is 15.1. The van der Waals surface area contributed by atoms with Crippen LogP contribution in [-0.4, -0.2) is 53.6 Å². The normalized spacial score (nSPS) is 12.0. The molecule has 0 saturated carbocycles. The van der Waals surface area contributed by atoms with Gasteiger partial charge < -0.3 is 20.5 Å². The maximum atomic E-state index is 11.4. The predicted octanol–water partition coefficient (Wildman–Crippen LogP) is 0.160. The molecule has 1 unspecified atom stereocenters. The molecule has 20 heavy (non-hydrogen) atoms. The molecule has 112 valence electrons. The summed E-state index contributed by atoms with van der Waals surface area (Å²) in [5.74, 6) is -0.693. The van der Waals surface area contributed by atoms with E-state index in [-0.39, 0.29) is 24.8 Å². The van der Waals surface area contributed by atoms with Crippen LogP contribution in [0.3, 0.4) is 0 Å². The molecule has 1 heterocycles.